The summed E-state index contributed by atoms with van der Waals surface area (Å²) in [6, 6.07) is 7.00. The number of hydrogen-bond donors (Lipinski definition) is 2. The molecule has 0 saturated heterocycles. The monoisotopic (exact) mass is 452 g/mol. The summed E-state index contributed by atoms with van der Waals surface area (Å²) in [5.41, 5.74) is 5.66. The van der Waals surface area contributed by atoms with Gasteiger partial charge in [0.1, 0.15) is 0 Å². The molecule has 7 heteroatoms. The summed E-state index contributed by atoms with van der Waals surface area (Å²) in [7, 11) is -3.44. The molecule has 0 spiro atoms. The van der Waals surface area contributed by atoms with Crippen LogP contribution in [0.25, 0.3) is 0 Å². The number of benzene rings is 2. The standard InChI is InChI=1S/C25H28N2O4S/c1-14-20(15-7-8-15)11-16-5-4-6-18(16)21(14)13-23(28)26-32(31)22-12-17(25(2,3)30)9-10-19(22)24(29)27-32/h9-12,15,30H,4-8,13H2,1-3H3,(H,26,27,28,29,31). The molecule has 0 aromatic heterocycles. The van der Waals surface area contributed by atoms with Crippen molar-refractivity contribution in [2.45, 2.75) is 75.7 Å². The molecule has 2 aliphatic carbocycles. The number of nitrogens with one attached hydrogen (secondary N) is 1. The first-order valence-electron chi connectivity index (χ1n) is 11.2. The highest BCUT2D eigenvalue weighted by Gasteiger charge is 2.34. The molecule has 3 aliphatic rings. The van der Waals surface area contributed by atoms with Gasteiger partial charge in [-0.25, -0.2) is 4.21 Å². The van der Waals surface area contributed by atoms with Gasteiger partial charge in [-0.1, -0.05) is 12.1 Å². The van der Waals surface area contributed by atoms with Crippen molar-refractivity contribution in [2.24, 2.45) is 4.36 Å². The molecule has 2 aromatic carbocycles. The summed E-state index contributed by atoms with van der Waals surface area (Å²) >= 11 is 0. The fourth-order valence-corrected chi connectivity index (χ4v) is 6.69. The Labute approximate surface area is 188 Å². The largest absolute Gasteiger partial charge is 0.386 e. The number of aryl methyl sites for hydroxylation is 1. The van der Waals surface area contributed by atoms with Crippen molar-refractivity contribution in [3.05, 3.63) is 63.2 Å². The maximum Gasteiger partial charge on any atom is 0.265 e. The zero-order valence-corrected chi connectivity index (χ0v) is 19.5. The highest BCUT2D eigenvalue weighted by atomic mass is 32.2. The average Bonchev–Trinajstić information content (AvgIpc) is 3.39. The summed E-state index contributed by atoms with van der Waals surface area (Å²) in [4.78, 5) is 25.6. The van der Waals surface area contributed by atoms with E-state index in [-0.39, 0.29) is 16.9 Å². The van der Waals surface area contributed by atoms with Gasteiger partial charge in [-0.15, -0.1) is 4.36 Å². The van der Waals surface area contributed by atoms with Crippen molar-refractivity contribution in [2.75, 3.05) is 0 Å². The SMILES string of the molecule is Cc1c(C2CC2)cc2c(c1CC(=O)N=S1(=O)NC(=O)c3ccc(C(C)(C)O)cc31)CCC2. The summed E-state index contributed by atoms with van der Waals surface area (Å²) in [5, 5.41) is 10.3. The van der Waals surface area contributed by atoms with Crippen molar-refractivity contribution < 1.29 is 18.9 Å². The first kappa shape index (κ1) is 21.3. The molecule has 5 rings (SSSR count). The van der Waals surface area contributed by atoms with E-state index in [1.54, 1.807) is 19.9 Å². The van der Waals surface area contributed by atoms with Crippen molar-refractivity contribution in [1.82, 2.24) is 4.72 Å². The van der Waals surface area contributed by atoms with Crippen LogP contribution in [-0.2, 0) is 39.6 Å². The smallest absolute Gasteiger partial charge is 0.265 e. The van der Waals surface area contributed by atoms with Crippen LogP contribution in [0.5, 0.6) is 0 Å². The molecule has 1 aliphatic heterocycles. The molecule has 1 atom stereocenters. The molecule has 6 nitrogen and oxygen atoms in total. The van der Waals surface area contributed by atoms with Crippen molar-refractivity contribution in [1.29, 1.82) is 0 Å². The predicted molar refractivity (Wildman–Crippen MR) is 122 cm³/mol. The van der Waals surface area contributed by atoms with Gasteiger partial charge in [-0.2, -0.15) is 0 Å². The first-order valence-corrected chi connectivity index (χ1v) is 12.7. The normalized spacial score (nSPS) is 21.8. The van der Waals surface area contributed by atoms with Gasteiger partial charge in [0.05, 0.1) is 22.5 Å². The quantitative estimate of drug-likeness (QED) is 0.737. The van der Waals surface area contributed by atoms with Gasteiger partial charge in [-0.05, 0) is 104 Å². The van der Waals surface area contributed by atoms with E-state index in [2.05, 4.69) is 22.1 Å². The van der Waals surface area contributed by atoms with Crippen LogP contribution < -0.4 is 4.72 Å². The van der Waals surface area contributed by atoms with Gasteiger partial charge in [0.2, 0.25) is 0 Å². The number of fused-ring (bicyclic) bond motifs is 2. The Morgan fingerprint density at radius 2 is 2.00 bits per heavy atom. The number of amides is 2. The van der Waals surface area contributed by atoms with Crippen LogP contribution in [0, 0.1) is 6.92 Å². The van der Waals surface area contributed by atoms with Gasteiger partial charge in [0.15, 0.2) is 9.92 Å². The molecule has 2 aromatic rings. The molecule has 2 amide bonds. The Morgan fingerprint density at radius 1 is 1.25 bits per heavy atom. The molecule has 0 radical (unpaired) electrons. The summed E-state index contributed by atoms with van der Waals surface area (Å²) in [5.74, 6) is -0.428. The fraction of sp³-hybridized carbons (Fsp3) is 0.440. The van der Waals surface area contributed by atoms with E-state index in [4.69, 9.17) is 0 Å². The Bertz CT molecular complexity index is 1290. The number of hydrogen-bond acceptors (Lipinski definition) is 4. The van der Waals surface area contributed by atoms with E-state index in [1.807, 2.05) is 0 Å². The van der Waals surface area contributed by atoms with Gasteiger partial charge in [0, 0.05) is 0 Å². The van der Waals surface area contributed by atoms with E-state index in [0.29, 0.717) is 11.5 Å². The van der Waals surface area contributed by atoms with Gasteiger partial charge in [-0.3, -0.25) is 14.3 Å². The molecule has 0 bridgehead atoms. The molecular weight excluding hydrogens is 424 g/mol. The lowest BCUT2D eigenvalue weighted by Crippen LogP contribution is -2.23. The second-order valence-corrected chi connectivity index (χ2v) is 11.6. The molecule has 32 heavy (non-hydrogen) atoms. The van der Waals surface area contributed by atoms with Crippen molar-refractivity contribution >= 4 is 21.7 Å². The molecule has 1 unspecified atom stereocenters. The second kappa shape index (κ2) is 7.25. The zero-order valence-electron chi connectivity index (χ0n) is 18.7. The highest BCUT2D eigenvalue weighted by molar-refractivity contribution is 7.93. The van der Waals surface area contributed by atoms with Crippen LogP contribution in [0.2, 0.25) is 0 Å². The minimum Gasteiger partial charge on any atom is -0.386 e. The lowest BCUT2D eigenvalue weighted by atomic mass is 9.90. The Kier molecular flexibility index (Phi) is 4.84. The molecule has 1 heterocycles. The molecule has 1 fully saturated rings. The van der Waals surface area contributed by atoms with E-state index < -0.39 is 27.3 Å². The first-order chi connectivity index (χ1) is 15.1. The van der Waals surface area contributed by atoms with Crippen molar-refractivity contribution in [3.8, 4) is 0 Å². The van der Waals surface area contributed by atoms with Crippen molar-refractivity contribution in [3.63, 3.8) is 0 Å². The van der Waals surface area contributed by atoms with Gasteiger partial charge in [0.25, 0.3) is 11.8 Å². The zero-order chi connectivity index (χ0) is 22.8. The van der Waals surface area contributed by atoms with E-state index in [1.165, 1.54) is 41.7 Å². The maximum atomic E-state index is 13.6. The number of carbonyl (C=O) groups excluding carboxylic acids is 2. The number of carbonyl (C=O) groups is 2. The van der Waals surface area contributed by atoms with E-state index in [0.717, 1.165) is 30.4 Å². The van der Waals surface area contributed by atoms with Crippen LogP contribution in [0.15, 0.2) is 33.5 Å². The van der Waals surface area contributed by atoms with Gasteiger partial charge >= 0.3 is 0 Å². The second-order valence-electron chi connectivity index (χ2n) is 9.72. The number of aliphatic hydroxyl groups is 1. The topological polar surface area (TPSA) is 95.8 Å². The highest BCUT2D eigenvalue weighted by Crippen LogP contribution is 2.44. The number of nitrogens with zero attached hydrogens (tertiary/aromatic N) is 1. The minimum atomic E-state index is -3.44. The van der Waals surface area contributed by atoms with Crippen LogP contribution in [0.4, 0.5) is 0 Å². The van der Waals surface area contributed by atoms with Gasteiger partial charge < -0.3 is 5.11 Å². The van der Waals surface area contributed by atoms with Crippen LogP contribution in [0.3, 0.4) is 0 Å². The average molecular weight is 453 g/mol. The van der Waals surface area contributed by atoms with E-state index in [9.17, 15) is 18.9 Å². The third-order valence-corrected chi connectivity index (χ3v) is 8.73. The Hall–Kier alpha value is -2.51. The maximum absolute atomic E-state index is 13.6. The minimum absolute atomic E-state index is 0.0854. The molecule has 168 valence electrons. The summed E-state index contributed by atoms with van der Waals surface area (Å²) in [6.45, 7) is 5.30. The Balaban J connectivity index is 1.54. The molecule has 1 saturated carbocycles. The third kappa shape index (κ3) is 3.57. The fourth-order valence-electron chi connectivity index (χ4n) is 4.98. The van der Waals surface area contributed by atoms with Crippen LogP contribution in [0.1, 0.15) is 82.8 Å². The Morgan fingerprint density at radius 3 is 2.69 bits per heavy atom. The summed E-state index contributed by atoms with van der Waals surface area (Å²) < 4.78 is 20.1. The molecular formula is C25H28N2O4S. The lowest BCUT2D eigenvalue weighted by molar-refractivity contribution is -0.117. The predicted octanol–water partition coefficient (Wildman–Crippen LogP) is 3.84. The number of rotatable bonds is 4. The van der Waals surface area contributed by atoms with Crippen LogP contribution >= 0.6 is 0 Å². The van der Waals surface area contributed by atoms with Crippen LogP contribution in [-0.4, -0.2) is 21.1 Å². The molecule has 2 N–H and O–H groups in total. The van der Waals surface area contributed by atoms with E-state index >= 15 is 0 Å². The third-order valence-electron chi connectivity index (χ3n) is 6.88. The lowest BCUT2D eigenvalue weighted by Gasteiger charge is -2.18. The summed E-state index contributed by atoms with van der Waals surface area (Å²) in [6.07, 6.45) is 5.54.